The Morgan fingerprint density at radius 3 is 2.69 bits per heavy atom. The zero-order valence-corrected chi connectivity index (χ0v) is 15.3. The number of aryl methyl sites for hydroxylation is 1. The Balaban J connectivity index is 1.50. The third-order valence-electron chi connectivity index (χ3n) is 5.44. The number of nitrogens with zero attached hydrogens (tertiary/aromatic N) is 2. The van der Waals surface area contributed by atoms with Crippen LogP contribution in [0.5, 0.6) is 0 Å². The van der Waals surface area contributed by atoms with Gasteiger partial charge < -0.3 is 9.64 Å². The Labute approximate surface area is 154 Å². The maximum Gasteiger partial charge on any atom is 0.223 e. The van der Waals surface area contributed by atoms with E-state index in [1.54, 1.807) is 6.07 Å². The Bertz CT molecular complexity index is 605. The summed E-state index contributed by atoms with van der Waals surface area (Å²) >= 11 is 0. The van der Waals surface area contributed by atoms with Crippen LogP contribution in [0.1, 0.15) is 37.7 Å². The first-order valence-corrected chi connectivity index (χ1v) is 9.67. The molecule has 1 unspecified atom stereocenters. The predicted molar refractivity (Wildman–Crippen MR) is 95.9 cm³/mol. The van der Waals surface area contributed by atoms with Crippen LogP contribution in [0.4, 0.5) is 8.78 Å². The van der Waals surface area contributed by atoms with E-state index in [-0.39, 0.29) is 5.91 Å². The summed E-state index contributed by atoms with van der Waals surface area (Å²) in [6.45, 7) is 5.34. The van der Waals surface area contributed by atoms with Crippen LogP contribution in [-0.4, -0.2) is 61.1 Å². The van der Waals surface area contributed by atoms with E-state index in [1.165, 1.54) is 12.5 Å². The van der Waals surface area contributed by atoms with E-state index in [2.05, 4.69) is 4.90 Å². The molecule has 26 heavy (non-hydrogen) atoms. The molecule has 3 rings (SSSR count). The minimum absolute atomic E-state index is 0.126. The van der Waals surface area contributed by atoms with Gasteiger partial charge in [-0.15, -0.1) is 0 Å². The van der Waals surface area contributed by atoms with Crippen LogP contribution in [0, 0.1) is 11.6 Å². The average Bonchev–Trinajstić information content (AvgIpc) is 2.68. The van der Waals surface area contributed by atoms with Crippen LogP contribution < -0.4 is 0 Å². The zero-order chi connectivity index (χ0) is 18.4. The molecule has 1 amide bonds. The Morgan fingerprint density at radius 1 is 1.12 bits per heavy atom. The highest BCUT2D eigenvalue weighted by Crippen LogP contribution is 2.22. The summed E-state index contributed by atoms with van der Waals surface area (Å²) in [6, 6.07) is 4.16. The monoisotopic (exact) mass is 366 g/mol. The third-order valence-corrected chi connectivity index (χ3v) is 5.44. The van der Waals surface area contributed by atoms with Gasteiger partial charge >= 0.3 is 0 Å². The molecule has 2 saturated heterocycles. The second kappa shape index (κ2) is 9.42. The largest absolute Gasteiger partial charge is 0.379 e. The van der Waals surface area contributed by atoms with Crippen molar-refractivity contribution in [1.82, 2.24) is 9.80 Å². The van der Waals surface area contributed by atoms with Crippen LogP contribution in [-0.2, 0) is 16.0 Å². The van der Waals surface area contributed by atoms with E-state index in [0.717, 1.165) is 64.7 Å². The van der Waals surface area contributed by atoms with Gasteiger partial charge in [0.05, 0.1) is 13.2 Å². The van der Waals surface area contributed by atoms with Gasteiger partial charge in [-0.2, -0.15) is 0 Å². The topological polar surface area (TPSA) is 32.8 Å². The first-order valence-electron chi connectivity index (χ1n) is 9.67. The van der Waals surface area contributed by atoms with Crippen molar-refractivity contribution < 1.29 is 18.3 Å². The normalized spacial score (nSPS) is 21.8. The van der Waals surface area contributed by atoms with E-state index in [4.69, 9.17) is 4.74 Å². The Kier molecular flexibility index (Phi) is 6.97. The van der Waals surface area contributed by atoms with E-state index in [9.17, 15) is 13.6 Å². The van der Waals surface area contributed by atoms with Crippen LogP contribution in [0.3, 0.4) is 0 Å². The van der Waals surface area contributed by atoms with Crippen molar-refractivity contribution in [3.05, 3.63) is 35.4 Å². The average molecular weight is 366 g/mol. The summed E-state index contributed by atoms with van der Waals surface area (Å²) in [4.78, 5) is 17.1. The number of piperidine rings is 1. The number of carbonyl (C=O) groups is 1. The predicted octanol–water partition coefficient (Wildman–Crippen LogP) is 3.00. The van der Waals surface area contributed by atoms with Crippen LogP contribution in [0.15, 0.2) is 18.2 Å². The molecule has 0 aromatic heterocycles. The SMILES string of the molecule is O=C(CCc1ccc(F)c(F)c1)N1CCCCC1CCN1CCOCC1. The molecule has 2 aliphatic heterocycles. The minimum atomic E-state index is -0.851. The molecule has 144 valence electrons. The maximum atomic E-state index is 13.3. The molecule has 0 aliphatic carbocycles. The van der Waals surface area contributed by atoms with Crippen molar-refractivity contribution in [3.63, 3.8) is 0 Å². The fourth-order valence-corrected chi connectivity index (χ4v) is 3.88. The van der Waals surface area contributed by atoms with Gasteiger partial charge in [0, 0.05) is 38.6 Å². The first-order chi connectivity index (χ1) is 12.6. The Morgan fingerprint density at radius 2 is 1.92 bits per heavy atom. The van der Waals surface area contributed by atoms with Crippen molar-refractivity contribution in [2.24, 2.45) is 0 Å². The van der Waals surface area contributed by atoms with Gasteiger partial charge in [-0.05, 0) is 49.8 Å². The van der Waals surface area contributed by atoms with Gasteiger partial charge in [0.25, 0.3) is 0 Å². The van der Waals surface area contributed by atoms with Gasteiger partial charge in [-0.3, -0.25) is 9.69 Å². The number of halogens is 2. The minimum Gasteiger partial charge on any atom is -0.379 e. The number of rotatable bonds is 6. The maximum absolute atomic E-state index is 13.3. The van der Waals surface area contributed by atoms with Crippen molar-refractivity contribution in [3.8, 4) is 0 Å². The molecule has 1 aromatic rings. The van der Waals surface area contributed by atoms with Crippen LogP contribution in [0.25, 0.3) is 0 Å². The molecule has 4 nitrogen and oxygen atoms in total. The molecule has 1 aromatic carbocycles. The molecule has 2 heterocycles. The lowest BCUT2D eigenvalue weighted by atomic mass is 9.98. The lowest BCUT2D eigenvalue weighted by Crippen LogP contribution is -2.46. The highest BCUT2D eigenvalue weighted by Gasteiger charge is 2.27. The summed E-state index contributed by atoms with van der Waals surface area (Å²) in [6.07, 6.45) is 5.06. The molecule has 0 radical (unpaired) electrons. The number of hydrogen-bond donors (Lipinski definition) is 0. The summed E-state index contributed by atoms with van der Waals surface area (Å²) in [7, 11) is 0. The molecule has 0 saturated carbocycles. The van der Waals surface area contributed by atoms with E-state index in [1.807, 2.05) is 4.90 Å². The fraction of sp³-hybridized carbons (Fsp3) is 0.650. The standard InChI is InChI=1S/C20H28F2N2O2/c21-18-6-4-16(15-19(18)22)5-7-20(25)24-9-2-1-3-17(24)8-10-23-11-13-26-14-12-23/h4,6,15,17H,1-3,5,7-14H2. The van der Waals surface area contributed by atoms with Crippen LogP contribution >= 0.6 is 0 Å². The van der Waals surface area contributed by atoms with Crippen molar-refractivity contribution in [1.29, 1.82) is 0 Å². The number of likely N-dealkylation sites (tertiary alicyclic amines) is 1. The number of benzene rings is 1. The molecule has 0 spiro atoms. The molecule has 0 bridgehead atoms. The van der Waals surface area contributed by atoms with Crippen LogP contribution in [0.2, 0.25) is 0 Å². The Hall–Kier alpha value is -1.53. The van der Waals surface area contributed by atoms with Gasteiger partial charge in [0.15, 0.2) is 11.6 Å². The van der Waals surface area contributed by atoms with Crippen molar-refractivity contribution >= 4 is 5.91 Å². The number of carbonyl (C=O) groups excluding carboxylic acids is 1. The highest BCUT2D eigenvalue weighted by molar-refractivity contribution is 5.77. The number of morpholine rings is 1. The molecular weight excluding hydrogens is 338 g/mol. The summed E-state index contributed by atoms with van der Waals surface area (Å²) in [5.74, 6) is -1.57. The molecule has 2 fully saturated rings. The zero-order valence-electron chi connectivity index (χ0n) is 15.3. The third kappa shape index (κ3) is 5.24. The molecule has 1 atom stereocenters. The molecule has 2 aliphatic rings. The second-order valence-corrected chi connectivity index (χ2v) is 7.23. The smallest absolute Gasteiger partial charge is 0.223 e. The fourth-order valence-electron chi connectivity index (χ4n) is 3.88. The van der Waals surface area contributed by atoms with E-state index < -0.39 is 11.6 Å². The van der Waals surface area contributed by atoms with E-state index in [0.29, 0.717) is 24.4 Å². The molecular formula is C20H28F2N2O2. The van der Waals surface area contributed by atoms with Gasteiger partial charge in [0.1, 0.15) is 0 Å². The quantitative estimate of drug-likeness (QED) is 0.776. The van der Waals surface area contributed by atoms with Gasteiger partial charge in [-0.25, -0.2) is 8.78 Å². The highest BCUT2D eigenvalue weighted by atomic mass is 19.2. The van der Waals surface area contributed by atoms with Gasteiger partial charge in [-0.1, -0.05) is 6.07 Å². The van der Waals surface area contributed by atoms with Gasteiger partial charge in [0.2, 0.25) is 5.91 Å². The second-order valence-electron chi connectivity index (χ2n) is 7.23. The summed E-state index contributed by atoms with van der Waals surface area (Å²) in [5.41, 5.74) is 0.666. The summed E-state index contributed by atoms with van der Waals surface area (Å²) in [5, 5.41) is 0. The van der Waals surface area contributed by atoms with E-state index >= 15 is 0 Å². The van der Waals surface area contributed by atoms with Crippen molar-refractivity contribution in [2.45, 2.75) is 44.6 Å². The summed E-state index contributed by atoms with van der Waals surface area (Å²) < 4.78 is 31.7. The lowest BCUT2D eigenvalue weighted by Gasteiger charge is -2.37. The molecule has 6 heteroatoms. The lowest BCUT2D eigenvalue weighted by molar-refractivity contribution is -0.135. The van der Waals surface area contributed by atoms with Crippen molar-refractivity contribution in [2.75, 3.05) is 39.4 Å². The molecule has 0 N–H and O–H groups in total. The first kappa shape index (κ1) is 19.2. The number of hydrogen-bond acceptors (Lipinski definition) is 3. The number of amides is 1. The number of ether oxygens (including phenoxy) is 1.